The van der Waals surface area contributed by atoms with Crippen LogP contribution in [0.5, 0.6) is 5.75 Å². The number of hydrogen-bond donors (Lipinski definition) is 1. The molecule has 23 heavy (non-hydrogen) atoms. The standard InChI is InChI=1S/C16H13N3O3S/c17-11-13-4-6-16(7-5-13)23(20,21)19-8-9-22-15-3-1-2-14(10-15)12-18/h1-7,10,19H,8-9H2. The number of rotatable bonds is 6. The lowest BCUT2D eigenvalue weighted by Gasteiger charge is -2.08. The summed E-state index contributed by atoms with van der Waals surface area (Å²) in [4.78, 5) is 0.0861. The maximum absolute atomic E-state index is 12.1. The molecule has 0 amide bonds. The van der Waals surface area contributed by atoms with Crippen molar-refractivity contribution in [2.24, 2.45) is 0 Å². The fourth-order valence-corrected chi connectivity index (χ4v) is 2.81. The van der Waals surface area contributed by atoms with Crippen LogP contribution in [-0.4, -0.2) is 21.6 Å². The molecule has 0 radical (unpaired) electrons. The normalized spacial score (nSPS) is 10.5. The number of nitriles is 2. The van der Waals surface area contributed by atoms with Gasteiger partial charge in [0.25, 0.3) is 0 Å². The molecule has 7 heteroatoms. The SMILES string of the molecule is N#Cc1ccc(S(=O)(=O)NCCOc2cccc(C#N)c2)cc1. The van der Waals surface area contributed by atoms with Crippen molar-refractivity contribution in [2.45, 2.75) is 4.90 Å². The molecule has 116 valence electrons. The quantitative estimate of drug-likeness (QED) is 0.815. The second kappa shape index (κ2) is 7.41. The Morgan fingerprint density at radius 1 is 1.00 bits per heavy atom. The molecule has 1 N–H and O–H groups in total. The van der Waals surface area contributed by atoms with E-state index in [4.69, 9.17) is 15.3 Å². The molecular weight excluding hydrogens is 314 g/mol. The maximum atomic E-state index is 12.1. The number of hydrogen-bond acceptors (Lipinski definition) is 5. The molecule has 0 unspecified atom stereocenters. The highest BCUT2D eigenvalue weighted by Gasteiger charge is 2.13. The zero-order valence-electron chi connectivity index (χ0n) is 12.1. The van der Waals surface area contributed by atoms with Gasteiger partial charge in [0.15, 0.2) is 0 Å². The Balaban J connectivity index is 1.89. The van der Waals surface area contributed by atoms with Gasteiger partial charge in [0, 0.05) is 6.54 Å². The molecule has 0 aliphatic carbocycles. The zero-order valence-corrected chi connectivity index (χ0v) is 12.9. The van der Waals surface area contributed by atoms with Crippen LogP contribution in [0.25, 0.3) is 0 Å². The topological polar surface area (TPSA) is 103 Å². The van der Waals surface area contributed by atoms with E-state index in [0.29, 0.717) is 16.9 Å². The molecule has 6 nitrogen and oxygen atoms in total. The van der Waals surface area contributed by atoms with Crippen molar-refractivity contribution in [1.29, 1.82) is 10.5 Å². The number of ether oxygens (including phenoxy) is 1. The van der Waals surface area contributed by atoms with Crippen molar-refractivity contribution in [3.8, 4) is 17.9 Å². The highest BCUT2D eigenvalue weighted by molar-refractivity contribution is 7.89. The Bertz CT molecular complexity index is 863. The smallest absolute Gasteiger partial charge is 0.240 e. The van der Waals surface area contributed by atoms with Gasteiger partial charge in [-0.2, -0.15) is 10.5 Å². The van der Waals surface area contributed by atoms with Gasteiger partial charge in [0.2, 0.25) is 10.0 Å². The van der Waals surface area contributed by atoms with Crippen LogP contribution in [0.4, 0.5) is 0 Å². The van der Waals surface area contributed by atoms with Crippen molar-refractivity contribution < 1.29 is 13.2 Å². The van der Waals surface area contributed by atoms with Crippen LogP contribution in [0.1, 0.15) is 11.1 Å². The van der Waals surface area contributed by atoms with Crippen molar-refractivity contribution in [1.82, 2.24) is 4.72 Å². The van der Waals surface area contributed by atoms with Gasteiger partial charge < -0.3 is 4.74 Å². The third-order valence-electron chi connectivity index (χ3n) is 2.92. The molecule has 0 saturated carbocycles. The van der Waals surface area contributed by atoms with Gasteiger partial charge in [-0.15, -0.1) is 0 Å². The van der Waals surface area contributed by atoms with E-state index in [2.05, 4.69) is 4.72 Å². The third-order valence-corrected chi connectivity index (χ3v) is 4.40. The van der Waals surface area contributed by atoms with Crippen LogP contribution in [0.3, 0.4) is 0 Å². The maximum Gasteiger partial charge on any atom is 0.240 e. The molecule has 0 fully saturated rings. The molecule has 0 spiro atoms. The first-order valence-electron chi connectivity index (χ1n) is 6.68. The van der Waals surface area contributed by atoms with Gasteiger partial charge in [-0.3, -0.25) is 0 Å². The molecule has 0 bridgehead atoms. The molecule has 0 aliphatic rings. The summed E-state index contributed by atoms with van der Waals surface area (Å²) in [5.74, 6) is 0.502. The summed E-state index contributed by atoms with van der Waals surface area (Å²) in [6, 6.07) is 16.2. The van der Waals surface area contributed by atoms with Crippen LogP contribution < -0.4 is 9.46 Å². The molecule has 0 heterocycles. The average Bonchev–Trinajstić information content (AvgIpc) is 2.59. The highest BCUT2D eigenvalue weighted by atomic mass is 32.2. The van der Waals surface area contributed by atoms with Crippen LogP contribution in [0.15, 0.2) is 53.4 Å². The Labute approximate surface area is 134 Å². The number of nitrogens with zero attached hydrogens (tertiary/aromatic N) is 2. The number of nitrogens with one attached hydrogen (secondary N) is 1. The fraction of sp³-hybridized carbons (Fsp3) is 0.125. The minimum Gasteiger partial charge on any atom is -0.492 e. The minimum atomic E-state index is -3.64. The lowest BCUT2D eigenvalue weighted by atomic mass is 10.2. The molecule has 0 atom stereocenters. The molecular formula is C16H13N3O3S. The van der Waals surface area contributed by atoms with E-state index in [1.54, 1.807) is 24.3 Å². The second-order valence-corrected chi connectivity index (χ2v) is 6.29. The Hall–Kier alpha value is -2.87. The number of benzene rings is 2. The van der Waals surface area contributed by atoms with Gasteiger partial charge in [0.05, 0.1) is 28.2 Å². The Kier molecular flexibility index (Phi) is 5.32. The summed E-state index contributed by atoms with van der Waals surface area (Å²) >= 11 is 0. The summed E-state index contributed by atoms with van der Waals surface area (Å²) in [6.45, 7) is 0.212. The van der Waals surface area contributed by atoms with E-state index >= 15 is 0 Å². The van der Waals surface area contributed by atoms with Crippen molar-refractivity contribution >= 4 is 10.0 Å². The van der Waals surface area contributed by atoms with Gasteiger partial charge >= 0.3 is 0 Å². The Morgan fingerprint density at radius 2 is 1.70 bits per heavy atom. The molecule has 0 aromatic heterocycles. The first kappa shape index (κ1) is 16.5. The second-order valence-electron chi connectivity index (χ2n) is 4.52. The van der Waals surface area contributed by atoms with Crippen LogP contribution in [-0.2, 0) is 10.0 Å². The fourth-order valence-electron chi connectivity index (χ4n) is 1.79. The first-order valence-corrected chi connectivity index (χ1v) is 8.16. The summed E-state index contributed by atoms with van der Waals surface area (Å²) in [6.07, 6.45) is 0. The van der Waals surface area contributed by atoms with Gasteiger partial charge in [-0.1, -0.05) is 6.07 Å². The largest absolute Gasteiger partial charge is 0.492 e. The van der Waals surface area contributed by atoms with Gasteiger partial charge in [-0.25, -0.2) is 13.1 Å². The summed E-state index contributed by atoms with van der Waals surface area (Å²) in [5, 5.41) is 17.5. The van der Waals surface area contributed by atoms with Crippen LogP contribution in [0.2, 0.25) is 0 Å². The highest BCUT2D eigenvalue weighted by Crippen LogP contribution is 2.12. The van der Waals surface area contributed by atoms with Crippen molar-refractivity contribution in [3.63, 3.8) is 0 Å². The monoisotopic (exact) mass is 327 g/mol. The predicted octanol–water partition coefficient (Wildman–Crippen LogP) is 1.79. The first-order chi connectivity index (χ1) is 11.0. The van der Waals surface area contributed by atoms with Crippen molar-refractivity contribution in [2.75, 3.05) is 13.2 Å². The van der Waals surface area contributed by atoms with E-state index in [-0.39, 0.29) is 18.0 Å². The lowest BCUT2D eigenvalue weighted by molar-refractivity contribution is 0.323. The number of sulfonamides is 1. The van der Waals surface area contributed by atoms with Gasteiger partial charge in [-0.05, 0) is 42.5 Å². The molecule has 2 aromatic rings. The predicted molar refractivity (Wildman–Crippen MR) is 83.0 cm³/mol. The zero-order chi connectivity index (χ0) is 16.7. The molecule has 0 saturated heterocycles. The van der Waals surface area contributed by atoms with E-state index in [0.717, 1.165) is 0 Å². The van der Waals surface area contributed by atoms with Crippen LogP contribution >= 0.6 is 0 Å². The summed E-state index contributed by atoms with van der Waals surface area (Å²) < 4.78 is 31.9. The van der Waals surface area contributed by atoms with E-state index in [1.165, 1.54) is 24.3 Å². The molecule has 0 aliphatic heterocycles. The molecule has 2 aromatic carbocycles. The summed E-state index contributed by atoms with van der Waals surface area (Å²) in [5.41, 5.74) is 0.866. The van der Waals surface area contributed by atoms with Crippen LogP contribution in [0, 0.1) is 22.7 Å². The lowest BCUT2D eigenvalue weighted by Crippen LogP contribution is -2.28. The van der Waals surface area contributed by atoms with E-state index in [1.807, 2.05) is 12.1 Å². The van der Waals surface area contributed by atoms with Gasteiger partial charge in [0.1, 0.15) is 12.4 Å². The van der Waals surface area contributed by atoms with E-state index in [9.17, 15) is 8.42 Å². The average molecular weight is 327 g/mol. The van der Waals surface area contributed by atoms with E-state index < -0.39 is 10.0 Å². The summed E-state index contributed by atoms with van der Waals surface area (Å²) in [7, 11) is -3.64. The molecule has 2 rings (SSSR count). The van der Waals surface area contributed by atoms with Crippen molar-refractivity contribution in [3.05, 3.63) is 59.7 Å². The third kappa shape index (κ3) is 4.55. The minimum absolute atomic E-state index is 0.0825. The Morgan fingerprint density at radius 3 is 2.35 bits per heavy atom.